The van der Waals surface area contributed by atoms with Crippen LogP contribution < -0.4 is 10.8 Å². The largest absolute Gasteiger partial charge is 0.465 e. The molecule has 0 spiro atoms. The Morgan fingerprint density at radius 1 is 1.24 bits per heavy atom. The van der Waals surface area contributed by atoms with Crippen molar-refractivity contribution < 1.29 is 47.6 Å². The maximum absolute atomic E-state index is 13.6. The van der Waals surface area contributed by atoms with Gasteiger partial charge in [0.2, 0.25) is 0 Å². The molecule has 1 saturated heterocycles. The number of aliphatic imine (C=N–C) groups is 1. The van der Waals surface area contributed by atoms with Gasteiger partial charge in [-0.15, -0.1) is 0 Å². The lowest BCUT2D eigenvalue weighted by Crippen LogP contribution is -2.42. The highest BCUT2D eigenvalue weighted by Gasteiger charge is 2.47. The number of amidine groups is 1. The van der Waals surface area contributed by atoms with Gasteiger partial charge in [0, 0.05) is 6.20 Å². The van der Waals surface area contributed by atoms with E-state index in [1.807, 2.05) is 13.8 Å². The number of carbonyl (C=O) groups is 2. The number of nitrogens with zero attached hydrogens (tertiary/aromatic N) is 2. The van der Waals surface area contributed by atoms with Crippen LogP contribution in [-0.2, 0) is 37.4 Å². The molecule has 2 heterocycles. The third-order valence-corrected chi connectivity index (χ3v) is 6.82. The number of ether oxygens (including phenoxy) is 3. The van der Waals surface area contributed by atoms with Crippen LogP contribution in [-0.4, -0.2) is 89.9 Å². The number of nitrogens with one attached hydrogen (secondary N) is 1. The summed E-state index contributed by atoms with van der Waals surface area (Å²) >= 11 is 0. The fourth-order valence-corrected chi connectivity index (χ4v) is 4.98. The zero-order valence-electron chi connectivity index (χ0n) is 21.4. The second-order valence-corrected chi connectivity index (χ2v) is 10.4. The third kappa shape index (κ3) is 8.88. The summed E-state index contributed by atoms with van der Waals surface area (Å²) in [4.78, 5) is 29.7. The molecule has 0 aromatic heterocycles. The lowest BCUT2D eigenvalue weighted by atomic mass is 10.1. The number of esters is 2. The van der Waals surface area contributed by atoms with Gasteiger partial charge in [0.25, 0.3) is 0 Å². The monoisotopic (exact) mass is 548 g/mol. The molecular formula is C22H37N4O10P. The summed E-state index contributed by atoms with van der Waals surface area (Å²) in [6.45, 7) is 9.58. The highest BCUT2D eigenvalue weighted by atomic mass is 31.2. The van der Waals surface area contributed by atoms with Crippen molar-refractivity contribution in [2.45, 2.75) is 64.7 Å². The Morgan fingerprint density at radius 2 is 1.92 bits per heavy atom. The van der Waals surface area contributed by atoms with Gasteiger partial charge in [-0.1, -0.05) is 20.4 Å². The predicted octanol–water partition coefficient (Wildman–Crippen LogP) is 0.363. The normalized spacial score (nSPS) is 26.1. The molecule has 2 aliphatic rings. The van der Waals surface area contributed by atoms with Crippen molar-refractivity contribution in [3.05, 3.63) is 24.7 Å². The summed E-state index contributed by atoms with van der Waals surface area (Å²) in [6, 6.07) is -1.08. The minimum atomic E-state index is -4.37. The Hall–Kier alpha value is -2.32. The first-order chi connectivity index (χ1) is 17.4. The molecule has 6 atom stereocenters. The summed E-state index contributed by atoms with van der Waals surface area (Å²) in [6.07, 6.45) is -1.95. The van der Waals surface area contributed by atoms with E-state index in [1.54, 1.807) is 13.8 Å². The molecule has 15 heteroatoms. The molecule has 1 fully saturated rings. The topological polar surface area (TPSA) is 191 Å². The van der Waals surface area contributed by atoms with Crippen molar-refractivity contribution in [3.63, 3.8) is 0 Å². The molecule has 0 amide bonds. The van der Waals surface area contributed by atoms with Gasteiger partial charge in [-0.05, 0) is 32.3 Å². The van der Waals surface area contributed by atoms with Crippen LogP contribution in [0.15, 0.2) is 29.7 Å². The number of hydrogen-bond donors (Lipinski definition) is 4. The Bertz CT molecular complexity index is 927. The molecule has 0 radical (unpaired) electrons. The Kier molecular flexibility index (Phi) is 11.7. The van der Waals surface area contributed by atoms with Crippen molar-refractivity contribution in [3.8, 4) is 0 Å². The Morgan fingerprint density at radius 3 is 2.51 bits per heavy atom. The van der Waals surface area contributed by atoms with E-state index in [0.29, 0.717) is 0 Å². The fourth-order valence-electron chi connectivity index (χ4n) is 3.55. The van der Waals surface area contributed by atoms with Crippen LogP contribution in [0.4, 0.5) is 0 Å². The zero-order valence-corrected chi connectivity index (χ0v) is 22.3. The molecule has 37 heavy (non-hydrogen) atoms. The van der Waals surface area contributed by atoms with E-state index in [-0.39, 0.29) is 37.2 Å². The summed E-state index contributed by atoms with van der Waals surface area (Å²) in [5.74, 6) is -1.10. The minimum absolute atomic E-state index is 0.00121. The van der Waals surface area contributed by atoms with Crippen molar-refractivity contribution in [2.24, 2.45) is 16.6 Å². The van der Waals surface area contributed by atoms with E-state index in [1.165, 1.54) is 17.2 Å². The number of nitrogens with two attached hydrogens (primary N) is 1. The molecule has 210 valence electrons. The average molecular weight is 549 g/mol. The molecule has 14 nitrogen and oxygen atoms in total. The first kappa shape index (κ1) is 30.9. The van der Waals surface area contributed by atoms with Crippen molar-refractivity contribution in [2.75, 3.05) is 26.4 Å². The van der Waals surface area contributed by atoms with Gasteiger partial charge in [0.15, 0.2) is 12.8 Å². The predicted molar refractivity (Wildman–Crippen MR) is 132 cm³/mol. The van der Waals surface area contributed by atoms with Crippen LogP contribution in [0, 0.1) is 5.92 Å². The van der Waals surface area contributed by atoms with Crippen LogP contribution in [0.5, 0.6) is 0 Å². The number of aliphatic hydroxyl groups excluding tert-OH is 2. The Labute approximate surface area is 216 Å². The van der Waals surface area contributed by atoms with E-state index in [4.69, 9.17) is 29.0 Å². The number of hydrogen-bond acceptors (Lipinski definition) is 13. The summed E-state index contributed by atoms with van der Waals surface area (Å²) in [5, 5.41) is 23.6. The average Bonchev–Trinajstić information content (AvgIpc) is 3.10. The highest BCUT2D eigenvalue weighted by molar-refractivity contribution is 7.51. The number of carbonyl (C=O) groups excluding carboxylic acids is 2. The SMILES string of the molecule is C=C1N=C(N)C=CN1[C@@H]1O[C@H](COP(=O)(N[C@@H](CC(C)C)C(=O)OCC)OCC(=O)OCC)C(O)[C@H]1O. The molecule has 2 aliphatic heterocycles. The van der Waals surface area contributed by atoms with Crippen LogP contribution in [0.25, 0.3) is 0 Å². The summed E-state index contributed by atoms with van der Waals surface area (Å²) < 4.78 is 39.9. The van der Waals surface area contributed by atoms with E-state index in [9.17, 15) is 24.4 Å². The first-order valence-corrected chi connectivity index (χ1v) is 13.4. The van der Waals surface area contributed by atoms with Crippen molar-refractivity contribution >= 4 is 25.5 Å². The van der Waals surface area contributed by atoms with Crippen LogP contribution >= 0.6 is 7.75 Å². The maximum Gasteiger partial charge on any atom is 0.406 e. The lowest BCUT2D eigenvalue weighted by Gasteiger charge is -2.30. The van der Waals surface area contributed by atoms with Gasteiger partial charge in [0.1, 0.15) is 36.0 Å². The number of aliphatic hydroxyl groups is 2. The van der Waals surface area contributed by atoms with Crippen LogP contribution in [0.3, 0.4) is 0 Å². The summed E-state index contributed by atoms with van der Waals surface area (Å²) in [7, 11) is -4.37. The van der Waals surface area contributed by atoms with Gasteiger partial charge < -0.3 is 35.1 Å². The van der Waals surface area contributed by atoms with E-state index in [0.717, 1.165) is 0 Å². The first-order valence-electron chi connectivity index (χ1n) is 11.9. The quantitative estimate of drug-likeness (QED) is 0.172. The standard InChI is InChI=1S/C22H37N4O10P/c1-6-32-18(27)12-35-37(31,25-15(10-13(3)4)22(30)33-7-2)34-11-16-19(28)20(29)21(36-16)26-9-8-17(23)24-14(26)5/h8-9,13,15-16,19-21,28-29H,5-7,10-12H2,1-4H3,(H2,23,24)(H,25,31)/t15-,16+,19?,20+,21+,37?/m0/s1. The van der Waals surface area contributed by atoms with E-state index < -0.39 is 63.5 Å². The van der Waals surface area contributed by atoms with Gasteiger partial charge >= 0.3 is 19.7 Å². The molecule has 5 N–H and O–H groups in total. The van der Waals surface area contributed by atoms with Crippen LogP contribution in [0.1, 0.15) is 34.1 Å². The van der Waals surface area contributed by atoms with E-state index >= 15 is 0 Å². The van der Waals surface area contributed by atoms with Crippen molar-refractivity contribution in [1.29, 1.82) is 0 Å². The molecule has 0 aliphatic carbocycles. The van der Waals surface area contributed by atoms with Crippen molar-refractivity contribution in [1.82, 2.24) is 9.99 Å². The maximum atomic E-state index is 13.6. The molecule has 0 saturated carbocycles. The van der Waals surface area contributed by atoms with E-state index in [2.05, 4.69) is 16.7 Å². The molecule has 0 bridgehead atoms. The van der Waals surface area contributed by atoms with Gasteiger partial charge in [-0.25, -0.2) is 19.4 Å². The third-order valence-electron chi connectivity index (χ3n) is 5.23. The minimum Gasteiger partial charge on any atom is -0.465 e. The molecule has 0 aromatic carbocycles. The van der Waals surface area contributed by atoms with Gasteiger partial charge in [-0.3, -0.25) is 13.8 Å². The van der Waals surface area contributed by atoms with Gasteiger partial charge in [0.05, 0.1) is 19.8 Å². The molecule has 0 aromatic rings. The molecule has 2 rings (SSSR count). The lowest BCUT2D eigenvalue weighted by molar-refractivity contribution is -0.145. The smallest absolute Gasteiger partial charge is 0.406 e. The zero-order chi connectivity index (χ0) is 27.8. The Balaban J connectivity index is 2.16. The fraction of sp³-hybridized carbons (Fsp3) is 0.682. The van der Waals surface area contributed by atoms with Crippen LogP contribution in [0.2, 0.25) is 0 Å². The number of rotatable bonds is 14. The highest BCUT2D eigenvalue weighted by Crippen LogP contribution is 2.46. The van der Waals surface area contributed by atoms with Gasteiger partial charge in [-0.2, -0.15) is 0 Å². The second-order valence-electron chi connectivity index (χ2n) is 8.66. The second kappa shape index (κ2) is 14.0. The summed E-state index contributed by atoms with van der Waals surface area (Å²) in [5.41, 5.74) is 5.63. The molecule has 2 unspecified atom stereocenters. The molecular weight excluding hydrogens is 511 g/mol.